The molecule has 1 rings (SSSR count). The van der Waals surface area contributed by atoms with E-state index >= 15 is 0 Å². The monoisotopic (exact) mass is 274 g/mol. The van der Waals surface area contributed by atoms with Crippen molar-refractivity contribution in [3.63, 3.8) is 0 Å². The molecule has 0 radical (unpaired) electrons. The molecule has 0 unspecified atom stereocenters. The van der Waals surface area contributed by atoms with Gasteiger partial charge in [0.15, 0.2) is 11.6 Å². The maximum atomic E-state index is 13.3. The maximum absolute atomic E-state index is 13.3. The van der Waals surface area contributed by atoms with E-state index in [0.717, 1.165) is 10.9 Å². The van der Waals surface area contributed by atoms with Crippen molar-refractivity contribution in [2.45, 2.75) is 20.8 Å². The molecule has 0 atom stereocenters. The lowest BCUT2D eigenvalue weighted by molar-refractivity contribution is 0.196. The van der Waals surface area contributed by atoms with E-state index in [1.807, 2.05) is 6.92 Å². The van der Waals surface area contributed by atoms with Gasteiger partial charge in [-0.15, -0.1) is 0 Å². The fourth-order valence-electron chi connectivity index (χ4n) is 1.03. The summed E-state index contributed by atoms with van der Waals surface area (Å²) in [7, 11) is 0. The largest absolute Gasteiger partial charge is 0.490 e. The van der Waals surface area contributed by atoms with Gasteiger partial charge in [0.2, 0.25) is 0 Å². The van der Waals surface area contributed by atoms with Crippen molar-refractivity contribution in [1.29, 1.82) is 0 Å². The first-order valence-corrected chi connectivity index (χ1v) is 6.02. The summed E-state index contributed by atoms with van der Waals surface area (Å²) in [5, 5.41) is 0.827. The van der Waals surface area contributed by atoms with Gasteiger partial charge in [-0.1, -0.05) is 35.8 Å². The molecular formula is C12H16BrFO. The Labute approximate surface area is 98.8 Å². The zero-order valence-electron chi connectivity index (χ0n) is 9.31. The molecule has 0 N–H and O–H groups in total. The summed E-state index contributed by atoms with van der Waals surface area (Å²) >= 11 is 3.40. The molecule has 3 heteroatoms. The van der Waals surface area contributed by atoms with Crippen LogP contribution in [-0.4, -0.2) is 11.9 Å². The first-order valence-electron chi connectivity index (χ1n) is 4.89. The minimum Gasteiger partial charge on any atom is -0.490 e. The Hall–Kier alpha value is -0.570. The zero-order valence-corrected chi connectivity index (χ0v) is 10.9. The molecule has 0 amide bonds. The fourth-order valence-corrected chi connectivity index (χ4v) is 1.19. The van der Waals surface area contributed by atoms with Gasteiger partial charge in [-0.2, -0.15) is 0 Å². The van der Waals surface area contributed by atoms with E-state index in [1.165, 1.54) is 6.07 Å². The molecule has 0 spiro atoms. The van der Waals surface area contributed by atoms with Crippen molar-refractivity contribution in [1.82, 2.24) is 0 Å². The van der Waals surface area contributed by atoms with Gasteiger partial charge in [-0.05, 0) is 24.6 Å². The Morgan fingerprint density at radius 2 is 2.07 bits per heavy atom. The molecular weight excluding hydrogens is 259 g/mol. The smallest absolute Gasteiger partial charge is 0.165 e. The van der Waals surface area contributed by atoms with E-state index in [0.29, 0.717) is 12.4 Å². The maximum Gasteiger partial charge on any atom is 0.165 e. The number of ether oxygens (including phenoxy) is 1. The molecule has 0 fully saturated rings. The average molecular weight is 275 g/mol. The molecule has 0 aliphatic carbocycles. The lowest BCUT2D eigenvalue weighted by Crippen LogP contribution is -2.23. The minimum atomic E-state index is -0.300. The lowest BCUT2D eigenvalue weighted by Gasteiger charge is -2.22. The summed E-state index contributed by atoms with van der Waals surface area (Å²) < 4.78 is 18.8. The quantitative estimate of drug-likeness (QED) is 0.756. The van der Waals surface area contributed by atoms with Gasteiger partial charge in [0.25, 0.3) is 0 Å². The van der Waals surface area contributed by atoms with Crippen LogP contribution in [0.4, 0.5) is 4.39 Å². The van der Waals surface area contributed by atoms with Gasteiger partial charge in [-0.3, -0.25) is 0 Å². The summed E-state index contributed by atoms with van der Waals surface area (Å²) in [6, 6.07) is 4.89. The Morgan fingerprint density at radius 1 is 1.40 bits per heavy atom. The molecule has 0 aliphatic rings. The standard InChI is InChI=1S/C12H16BrFO/c1-9-4-5-10(14)11(6-9)15-8-12(2,3)7-13/h4-6H,7-8H2,1-3H3. The summed E-state index contributed by atoms with van der Waals surface area (Å²) in [6.45, 7) is 6.55. The third-order valence-corrected chi connectivity index (χ3v) is 3.58. The average Bonchev–Trinajstić information content (AvgIpc) is 2.20. The van der Waals surface area contributed by atoms with E-state index < -0.39 is 0 Å². The molecule has 15 heavy (non-hydrogen) atoms. The van der Waals surface area contributed by atoms with Crippen LogP contribution in [0.3, 0.4) is 0 Å². The van der Waals surface area contributed by atoms with Gasteiger partial charge >= 0.3 is 0 Å². The second-order valence-corrected chi connectivity index (χ2v) is 5.08. The lowest BCUT2D eigenvalue weighted by atomic mass is 9.98. The third-order valence-electron chi connectivity index (χ3n) is 2.07. The molecule has 0 saturated heterocycles. The van der Waals surface area contributed by atoms with E-state index in [4.69, 9.17) is 4.74 Å². The summed E-state index contributed by atoms with van der Waals surface area (Å²) in [5.74, 6) is 0.0370. The molecule has 0 saturated carbocycles. The third kappa shape index (κ3) is 3.82. The molecule has 1 aromatic rings. The number of hydrogen-bond acceptors (Lipinski definition) is 1. The number of hydrogen-bond donors (Lipinski definition) is 0. The fraction of sp³-hybridized carbons (Fsp3) is 0.500. The first kappa shape index (κ1) is 12.5. The SMILES string of the molecule is Cc1ccc(F)c(OCC(C)(C)CBr)c1. The van der Waals surface area contributed by atoms with Crippen LogP contribution in [-0.2, 0) is 0 Å². The topological polar surface area (TPSA) is 9.23 Å². The first-order chi connectivity index (χ1) is 6.94. The van der Waals surface area contributed by atoms with Crippen LogP contribution in [0.25, 0.3) is 0 Å². The van der Waals surface area contributed by atoms with Gasteiger partial charge in [0.05, 0.1) is 6.61 Å². The van der Waals surface area contributed by atoms with E-state index in [1.54, 1.807) is 12.1 Å². The Balaban J connectivity index is 2.69. The predicted octanol–water partition coefficient (Wildman–Crippen LogP) is 3.93. The van der Waals surface area contributed by atoms with Gasteiger partial charge in [-0.25, -0.2) is 4.39 Å². The van der Waals surface area contributed by atoms with Crippen LogP contribution in [0.1, 0.15) is 19.4 Å². The van der Waals surface area contributed by atoms with Crippen LogP contribution in [0, 0.1) is 18.2 Å². The molecule has 0 aliphatic heterocycles. The molecule has 1 aromatic carbocycles. The van der Waals surface area contributed by atoms with Crippen LogP contribution >= 0.6 is 15.9 Å². The number of alkyl halides is 1. The van der Waals surface area contributed by atoms with E-state index in [-0.39, 0.29) is 11.2 Å². The number of aryl methyl sites for hydroxylation is 1. The van der Waals surface area contributed by atoms with Crippen LogP contribution < -0.4 is 4.74 Å². The molecule has 84 valence electrons. The second kappa shape index (κ2) is 4.97. The second-order valence-electron chi connectivity index (χ2n) is 4.52. The number of rotatable bonds is 4. The van der Waals surface area contributed by atoms with Crippen LogP contribution in [0.5, 0.6) is 5.75 Å². The summed E-state index contributed by atoms with van der Waals surface area (Å²) in [5.41, 5.74) is 1.01. The van der Waals surface area contributed by atoms with Gasteiger partial charge in [0.1, 0.15) is 0 Å². The van der Waals surface area contributed by atoms with Crippen molar-refractivity contribution in [3.8, 4) is 5.75 Å². The predicted molar refractivity (Wildman–Crippen MR) is 64.2 cm³/mol. The number of halogens is 2. The highest BCUT2D eigenvalue weighted by Gasteiger charge is 2.17. The van der Waals surface area contributed by atoms with Crippen LogP contribution in [0.2, 0.25) is 0 Å². The molecule has 1 nitrogen and oxygen atoms in total. The summed E-state index contributed by atoms with van der Waals surface area (Å²) in [4.78, 5) is 0. The Bertz CT molecular complexity index is 336. The van der Waals surface area contributed by atoms with E-state index in [9.17, 15) is 4.39 Å². The Kier molecular flexibility index (Phi) is 4.14. The summed E-state index contributed by atoms with van der Waals surface area (Å²) in [6.07, 6.45) is 0. The highest BCUT2D eigenvalue weighted by atomic mass is 79.9. The van der Waals surface area contributed by atoms with Crippen molar-refractivity contribution in [2.75, 3.05) is 11.9 Å². The van der Waals surface area contributed by atoms with Crippen molar-refractivity contribution < 1.29 is 9.13 Å². The van der Waals surface area contributed by atoms with Gasteiger partial charge in [0, 0.05) is 10.7 Å². The molecule has 0 heterocycles. The Morgan fingerprint density at radius 3 is 2.67 bits per heavy atom. The molecule has 0 bridgehead atoms. The zero-order chi connectivity index (χ0) is 11.5. The van der Waals surface area contributed by atoms with E-state index in [2.05, 4.69) is 29.8 Å². The minimum absolute atomic E-state index is 0.0101. The van der Waals surface area contributed by atoms with Crippen molar-refractivity contribution >= 4 is 15.9 Å². The highest BCUT2D eigenvalue weighted by molar-refractivity contribution is 9.09. The molecule has 0 aromatic heterocycles. The highest BCUT2D eigenvalue weighted by Crippen LogP contribution is 2.23. The van der Waals surface area contributed by atoms with Crippen molar-refractivity contribution in [2.24, 2.45) is 5.41 Å². The number of benzene rings is 1. The van der Waals surface area contributed by atoms with Crippen LogP contribution in [0.15, 0.2) is 18.2 Å². The van der Waals surface area contributed by atoms with Crippen molar-refractivity contribution in [3.05, 3.63) is 29.6 Å². The van der Waals surface area contributed by atoms with Gasteiger partial charge < -0.3 is 4.74 Å². The normalized spacial score (nSPS) is 11.5.